The summed E-state index contributed by atoms with van der Waals surface area (Å²) in [5.41, 5.74) is 6.28. The third kappa shape index (κ3) is 4.14. The van der Waals surface area contributed by atoms with Gasteiger partial charge in [-0.1, -0.05) is 29.6 Å². The first kappa shape index (κ1) is 16.9. The van der Waals surface area contributed by atoms with Gasteiger partial charge in [0, 0.05) is 11.1 Å². The highest BCUT2D eigenvalue weighted by molar-refractivity contribution is 6.34. The summed E-state index contributed by atoms with van der Waals surface area (Å²) in [7, 11) is 1.41. The molecule has 0 saturated heterocycles. The molecule has 0 aliphatic carbocycles. The Labute approximate surface area is 129 Å². The minimum atomic E-state index is -0.717. The number of hydrogen-bond acceptors (Lipinski definition) is 4. The van der Waals surface area contributed by atoms with Crippen LogP contribution in [0.3, 0.4) is 0 Å². The van der Waals surface area contributed by atoms with Crippen LogP contribution >= 0.6 is 11.6 Å². The normalized spacial score (nSPS) is 13.5. The summed E-state index contributed by atoms with van der Waals surface area (Å²) in [4.78, 5) is 16.9. The monoisotopic (exact) mass is 307 g/mol. The molecule has 0 radical (unpaired) electrons. The molecular formula is C15H18ClN3O2. The number of terminal acetylenes is 1. The lowest BCUT2D eigenvalue weighted by Gasteiger charge is -2.23. The number of amides is 1. The minimum Gasteiger partial charge on any atom is -0.399 e. The standard InChI is InChI=1S/C15H18ClN3O2/c1-5-15(3,6-2)19-14(20)10-7-11(9-18-21-4)13(17)12(16)8-10/h1,7-9H,6,17H2,2-4H3,(H,19,20)/b18-9+. The Hall–Kier alpha value is -2.19. The van der Waals surface area contributed by atoms with Gasteiger partial charge in [0.2, 0.25) is 0 Å². The van der Waals surface area contributed by atoms with Crippen molar-refractivity contribution in [3.8, 4) is 12.3 Å². The van der Waals surface area contributed by atoms with Crippen LogP contribution in [0.5, 0.6) is 0 Å². The zero-order chi connectivity index (χ0) is 16.0. The molecule has 1 unspecified atom stereocenters. The number of nitrogens with one attached hydrogen (secondary N) is 1. The lowest BCUT2D eigenvalue weighted by molar-refractivity contribution is 0.0923. The Morgan fingerprint density at radius 2 is 2.33 bits per heavy atom. The Balaban J connectivity index is 3.14. The molecule has 0 aromatic heterocycles. The number of nitrogens with two attached hydrogens (primary N) is 1. The van der Waals surface area contributed by atoms with Crippen LogP contribution in [0.25, 0.3) is 0 Å². The number of rotatable bonds is 5. The molecule has 3 N–H and O–H groups in total. The third-order valence-corrected chi connectivity index (χ3v) is 3.45. The van der Waals surface area contributed by atoms with Crippen molar-refractivity contribution in [1.82, 2.24) is 5.32 Å². The Morgan fingerprint density at radius 1 is 1.67 bits per heavy atom. The van der Waals surface area contributed by atoms with Gasteiger partial charge in [-0.3, -0.25) is 4.79 Å². The van der Waals surface area contributed by atoms with Crippen LogP contribution in [0, 0.1) is 12.3 Å². The smallest absolute Gasteiger partial charge is 0.252 e. The Bertz CT molecular complexity index is 608. The highest BCUT2D eigenvalue weighted by atomic mass is 35.5. The van der Waals surface area contributed by atoms with Gasteiger partial charge in [-0.2, -0.15) is 0 Å². The van der Waals surface area contributed by atoms with Crippen LogP contribution in [0.1, 0.15) is 36.2 Å². The van der Waals surface area contributed by atoms with Crippen LogP contribution in [-0.2, 0) is 4.84 Å². The molecule has 5 nitrogen and oxygen atoms in total. The van der Waals surface area contributed by atoms with Crippen molar-refractivity contribution in [3.05, 3.63) is 28.3 Å². The van der Waals surface area contributed by atoms with Gasteiger partial charge < -0.3 is 15.9 Å². The largest absolute Gasteiger partial charge is 0.399 e. The molecule has 0 fully saturated rings. The van der Waals surface area contributed by atoms with E-state index in [-0.39, 0.29) is 10.9 Å². The number of hydrogen-bond donors (Lipinski definition) is 2. The molecule has 21 heavy (non-hydrogen) atoms. The molecule has 6 heteroatoms. The van der Waals surface area contributed by atoms with Gasteiger partial charge in [-0.15, -0.1) is 6.42 Å². The summed E-state index contributed by atoms with van der Waals surface area (Å²) in [6, 6.07) is 3.06. The maximum Gasteiger partial charge on any atom is 0.252 e. The van der Waals surface area contributed by atoms with E-state index in [0.29, 0.717) is 23.2 Å². The topological polar surface area (TPSA) is 76.7 Å². The predicted molar refractivity (Wildman–Crippen MR) is 85.5 cm³/mol. The summed E-state index contributed by atoms with van der Waals surface area (Å²) in [6.45, 7) is 3.67. The van der Waals surface area contributed by atoms with Crippen LogP contribution in [-0.4, -0.2) is 24.8 Å². The average molecular weight is 308 g/mol. The molecule has 112 valence electrons. The SMILES string of the molecule is C#CC(C)(CC)NC(=O)c1cc(Cl)c(N)c(/C=N/OC)c1. The molecule has 1 aromatic carbocycles. The van der Waals surface area contributed by atoms with Gasteiger partial charge in [0.15, 0.2) is 0 Å². The molecule has 1 rings (SSSR count). The second kappa shape index (κ2) is 7.00. The van der Waals surface area contributed by atoms with E-state index < -0.39 is 5.54 Å². The number of carbonyl (C=O) groups excluding carboxylic acids is 1. The summed E-state index contributed by atoms with van der Waals surface area (Å²) in [5, 5.41) is 6.68. The number of carbonyl (C=O) groups is 1. The van der Waals surface area contributed by atoms with Crippen LogP contribution in [0.2, 0.25) is 5.02 Å². The number of benzene rings is 1. The number of halogens is 1. The van der Waals surface area contributed by atoms with Crippen LogP contribution < -0.4 is 11.1 Å². The Kier molecular flexibility index (Phi) is 5.62. The first-order valence-electron chi connectivity index (χ1n) is 6.32. The Morgan fingerprint density at radius 3 is 2.86 bits per heavy atom. The number of nitrogens with zero attached hydrogens (tertiary/aromatic N) is 1. The molecule has 1 aromatic rings. The average Bonchev–Trinajstić information content (AvgIpc) is 2.48. The maximum absolute atomic E-state index is 12.3. The molecule has 0 spiro atoms. The fourth-order valence-electron chi connectivity index (χ4n) is 1.54. The molecule has 0 aliphatic heterocycles. The van der Waals surface area contributed by atoms with Crippen LogP contribution in [0.15, 0.2) is 17.3 Å². The highest BCUT2D eigenvalue weighted by Crippen LogP contribution is 2.24. The van der Waals surface area contributed by atoms with Crippen molar-refractivity contribution in [2.75, 3.05) is 12.8 Å². The summed E-state index contributed by atoms with van der Waals surface area (Å²) in [5.74, 6) is 2.24. The van der Waals surface area contributed by atoms with Crippen molar-refractivity contribution in [2.24, 2.45) is 5.16 Å². The molecule has 0 saturated carbocycles. The minimum absolute atomic E-state index is 0.263. The zero-order valence-corrected chi connectivity index (χ0v) is 13.0. The molecule has 1 amide bonds. The second-order valence-electron chi connectivity index (χ2n) is 4.66. The van der Waals surface area contributed by atoms with Gasteiger partial charge >= 0.3 is 0 Å². The molecular weight excluding hydrogens is 290 g/mol. The van der Waals surface area contributed by atoms with E-state index in [2.05, 4.69) is 21.2 Å². The summed E-state index contributed by atoms with van der Waals surface area (Å²) < 4.78 is 0. The number of oxime groups is 1. The van der Waals surface area contributed by atoms with Gasteiger partial charge in [0.05, 0.1) is 22.5 Å². The first-order chi connectivity index (χ1) is 9.86. The van der Waals surface area contributed by atoms with Crippen molar-refractivity contribution in [3.63, 3.8) is 0 Å². The van der Waals surface area contributed by atoms with E-state index in [1.807, 2.05) is 6.92 Å². The van der Waals surface area contributed by atoms with E-state index in [1.54, 1.807) is 13.0 Å². The van der Waals surface area contributed by atoms with E-state index in [4.69, 9.17) is 23.8 Å². The third-order valence-electron chi connectivity index (χ3n) is 3.14. The van der Waals surface area contributed by atoms with Gasteiger partial charge in [-0.25, -0.2) is 0 Å². The fourth-order valence-corrected chi connectivity index (χ4v) is 1.76. The quantitative estimate of drug-likeness (QED) is 0.379. The van der Waals surface area contributed by atoms with E-state index in [0.717, 1.165) is 0 Å². The summed E-state index contributed by atoms with van der Waals surface area (Å²) >= 11 is 6.03. The lowest BCUT2D eigenvalue weighted by Crippen LogP contribution is -2.44. The lowest BCUT2D eigenvalue weighted by atomic mass is 9.99. The van der Waals surface area contributed by atoms with Crippen molar-refractivity contribution < 1.29 is 9.63 Å². The van der Waals surface area contributed by atoms with Crippen molar-refractivity contribution >= 4 is 29.4 Å². The summed E-state index contributed by atoms with van der Waals surface area (Å²) in [6.07, 6.45) is 7.44. The van der Waals surface area contributed by atoms with Crippen molar-refractivity contribution in [2.45, 2.75) is 25.8 Å². The number of anilines is 1. The highest BCUT2D eigenvalue weighted by Gasteiger charge is 2.22. The zero-order valence-electron chi connectivity index (χ0n) is 12.2. The van der Waals surface area contributed by atoms with E-state index in [1.165, 1.54) is 19.4 Å². The predicted octanol–water partition coefficient (Wildman–Crippen LogP) is 2.43. The maximum atomic E-state index is 12.3. The second-order valence-corrected chi connectivity index (χ2v) is 5.07. The van der Waals surface area contributed by atoms with Gasteiger partial charge in [0.1, 0.15) is 7.11 Å². The fraction of sp³-hybridized carbons (Fsp3) is 0.333. The molecule has 1 atom stereocenters. The van der Waals surface area contributed by atoms with E-state index >= 15 is 0 Å². The van der Waals surface area contributed by atoms with Crippen LogP contribution in [0.4, 0.5) is 5.69 Å². The molecule has 0 heterocycles. The van der Waals surface area contributed by atoms with Gasteiger partial charge in [-0.05, 0) is 25.5 Å². The van der Waals surface area contributed by atoms with Crippen molar-refractivity contribution in [1.29, 1.82) is 0 Å². The number of nitrogen functional groups attached to an aromatic ring is 1. The first-order valence-corrected chi connectivity index (χ1v) is 6.70. The van der Waals surface area contributed by atoms with E-state index in [9.17, 15) is 4.79 Å². The van der Waals surface area contributed by atoms with Gasteiger partial charge in [0.25, 0.3) is 5.91 Å². The molecule has 0 aliphatic rings. The molecule has 0 bridgehead atoms.